The number of rotatable bonds is 11. The van der Waals surface area contributed by atoms with Crippen LogP contribution in [0.15, 0.2) is 0 Å². The van der Waals surface area contributed by atoms with Gasteiger partial charge in [0.15, 0.2) is 0 Å². The predicted molar refractivity (Wildman–Crippen MR) is 100 cm³/mol. The van der Waals surface area contributed by atoms with Crippen LogP contribution in [0.1, 0.15) is 39.0 Å². The summed E-state index contributed by atoms with van der Waals surface area (Å²) < 4.78 is 10.1. The first-order valence-corrected chi connectivity index (χ1v) is 9.21. The number of methoxy groups -OCH3 is 2. The lowest BCUT2D eigenvalue weighted by Crippen LogP contribution is -2.29. The van der Waals surface area contributed by atoms with Gasteiger partial charge in [-0.05, 0) is 25.7 Å². The van der Waals surface area contributed by atoms with Crippen molar-refractivity contribution in [2.75, 3.05) is 56.5 Å². The second-order valence-electron chi connectivity index (χ2n) is 6.48. The zero-order valence-electron chi connectivity index (χ0n) is 15.7. The van der Waals surface area contributed by atoms with Crippen molar-refractivity contribution in [2.24, 2.45) is 5.92 Å². The highest BCUT2D eigenvalue weighted by Gasteiger charge is 2.21. The summed E-state index contributed by atoms with van der Waals surface area (Å²) in [4.78, 5) is 13.4. The molecule has 1 atom stereocenters. The Morgan fingerprint density at radius 2 is 1.40 bits per heavy atom. The molecule has 8 heteroatoms. The van der Waals surface area contributed by atoms with Crippen LogP contribution in [-0.4, -0.2) is 61.5 Å². The number of nitrogens with zero attached hydrogens (tertiary/aromatic N) is 3. The van der Waals surface area contributed by atoms with Crippen molar-refractivity contribution in [2.45, 2.75) is 45.1 Å². The molecule has 142 valence electrons. The Hall–Kier alpha value is -1.67. The standard InChI is InChI=1S/C17H32N6O2/c1-13(14-7-5-4-6-8-14)20-17-22-15(18-9-11-24-2)21-16(23-17)19-10-12-25-3/h13-14H,4-12H2,1-3H3,(H3,18,19,20,21,22,23)/t13-/m0/s1. The van der Waals surface area contributed by atoms with Crippen LogP contribution < -0.4 is 16.0 Å². The van der Waals surface area contributed by atoms with E-state index in [9.17, 15) is 0 Å². The quantitative estimate of drug-likeness (QED) is 0.523. The van der Waals surface area contributed by atoms with Crippen LogP contribution >= 0.6 is 0 Å². The molecule has 0 bridgehead atoms. The zero-order valence-corrected chi connectivity index (χ0v) is 15.7. The molecule has 1 aromatic rings. The lowest BCUT2D eigenvalue weighted by Gasteiger charge is -2.28. The first-order chi connectivity index (χ1) is 12.2. The van der Waals surface area contributed by atoms with E-state index in [-0.39, 0.29) is 0 Å². The van der Waals surface area contributed by atoms with Gasteiger partial charge in [0.05, 0.1) is 13.2 Å². The summed E-state index contributed by atoms with van der Waals surface area (Å²) in [5, 5.41) is 9.81. The average molecular weight is 352 g/mol. The largest absolute Gasteiger partial charge is 0.383 e. The Morgan fingerprint density at radius 3 is 1.92 bits per heavy atom. The number of nitrogens with one attached hydrogen (secondary N) is 3. The van der Waals surface area contributed by atoms with Crippen molar-refractivity contribution in [1.29, 1.82) is 0 Å². The van der Waals surface area contributed by atoms with E-state index in [1.165, 1.54) is 32.1 Å². The number of hydrogen-bond acceptors (Lipinski definition) is 8. The van der Waals surface area contributed by atoms with Gasteiger partial charge in [-0.2, -0.15) is 15.0 Å². The van der Waals surface area contributed by atoms with Gasteiger partial charge < -0.3 is 25.4 Å². The molecule has 8 nitrogen and oxygen atoms in total. The molecule has 0 aliphatic heterocycles. The average Bonchev–Trinajstić information content (AvgIpc) is 2.63. The van der Waals surface area contributed by atoms with E-state index in [2.05, 4.69) is 37.8 Å². The fraction of sp³-hybridized carbons (Fsp3) is 0.824. The van der Waals surface area contributed by atoms with Gasteiger partial charge >= 0.3 is 0 Å². The van der Waals surface area contributed by atoms with Crippen LogP contribution in [0.2, 0.25) is 0 Å². The molecular weight excluding hydrogens is 320 g/mol. The highest BCUT2D eigenvalue weighted by molar-refractivity contribution is 5.42. The monoisotopic (exact) mass is 352 g/mol. The summed E-state index contributed by atoms with van der Waals surface area (Å²) in [7, 11) is 3.34. The summed E-state index contributed by atoms with van der Waals surface area (Å²) in [5.41, 5.74) is 0. The van der Waals surface area contributed by atoms with Gasteiger partial charge in [-0.1, -0.05) is 19.3 Å². The van der Waals surface area contributed by atoms with Crippen molar-refractivity contribution in [3.05, 3.63) is 0 Å². The molecule has 1 fully saturated rings. The first-order valence-electron chi connectivity index (χ1n) is 9.21. The topological polar surface area (TPSA) is 93.2 Å². The van der Waals surface area contributed by atoms with Crippen LogP contribution in [0.5, 0.6) is 0 Å². The maximum absolute atomic E-state index is 5.07. The fourth-order valence-corrected chi connectivity index (χ4v) is 3.08. The molecule has 1 saturated carbocycles. The van der Waals surface area contributed by atoms with Gasteiger partial charge in [-0.15, -0.1) is 0 Å². The van der Waals surface area contributed by atoms with Gasteiger partial charge in [0, 0.05) is 33.4 Å². The second kappa shape index (κ2) is 11.0. The molecular formula is C17H32N6O2. The highest BCUT2D eigenvalue weighted by Crippen LogP contribution is 2.27. The van der Waals surface area contributed by atoms with Crippen LogP contribution in [0.25, 0.3) is 0 Å². The highest BCUT2D eigenvalue weighted by atomic mass is 16.5. The zero-order chi connectivity index (χ0) is 17.9. The lowest BCUT2D eigenvalue weighted by molar-refractivity contribution is 0.210. The molecule has 0 radical (unpaired) electrons. The normalized spacial score (nSPS) is 16.4. The van der Waals surface area contributed by atoms with Crippen LogP contribution in [0.3, 0.4) is 0 Å². The molecule has 25 heavy (non-hydrogen) atoms. The van der Waals surface area contributed by atoms with Gasteiger partial charge in [0.25, 0.3) is 0 Å². The number of aromatic nitrogens is 3. The number of hydrogen-bond donors (Lipinski definition) is 3. The molecule has 0 saturated heterocycles. The lowest BCUT2D eigenvalue weighted by atomic mass is 9.85. The molecule has 3 N–H and O–H groups in total. The minimum Gasteiger partial charge on any atom is -0.383 e. The van der Waals surface area contributed by atoms with E-state index < -0.39 is 0 Å². The molecule has 2 rings (SSSR count). The summed E-state index contributed by atoms with van der Waals surface area (Å²) in [6.45, 7) is 4.71. The Bertz CT molecular complexity index is 468. The molecule has 0 unspecified atom stereocenters. The molecule has 0 amide bonds. The summed E-state index contributed by atoms with van der Waals surface area (Å²) >= 11 is 0. The summed E-state index contributed by atoms with van der Waals surface area (Å²) in [5.74, 6) is 2.38. The number of ether oxygens (including phenoxy) is 2. The minimum absolute atomic E-state index is 0.348. The van der Waals surface area contributed by atoms with E-state index in [1.807, 2.05) is 0 Å². The molecule has 1 heterocycles. The van der Waals surface area contributed by atoms with Crippen molar-refractivity contribution < 1.29 is 9.47 Å². The number of anilines is 3. The van der Waals surface area contributed by atoms with Gasteiger partial charge in [0.1, 0.15) is 0 Å². The van der Waals surface area contributed by atoms with Gasteiger partial charge in [-0.25, -0.2) is 0 Å². The van der Waals surface area contributed by atoms with Gasteiger partial charge in [-0.3, -0.25) is 0 Å². The van der Waals surface area contributed by atoms with Gasteiger partial charge in [0.2, 0.25) is 17.8 Å². The van der Waals surface area contributed by atoms with E-state index in [1.54, 1.807) is 14.2 Å². The van der Waals surface area contributed by atoms with E-state index in [0.29, 0.717) is 56.1 Å². The maximum atomic E-state index is 5.07. The van der Waals surface area contributed by atoms with Crippen molar-refractivity contribution in [1.82, 2.24) is 15.0 Å². The van der Waals surface area contributed by atoms with Crippen LogP contribution in [0.4, 0.5) is 17.8 Å². The third kappa shape index (κ3) is 6.99. The molecule has 0 aromatic carbocycles. The fourth-order valence-electron chi connectivity index (χ4n) is 3.08. The van der Waals surface area contributed by atoms with Crippen molar-refractivity contribution in [3.8, 4) is 0 Å². The van der Waals surface area contributed by atoms with Crippen LogP contribution in [0, 0.1) is 5.92 Å². The Labute approximate surface area is 150 Å². The molecule has 1 aliphatic carbocycles. The summed E-state index contributed by atoms with van der Waals surface area (Å²) in [6.07, 6.45) is 6.55. The first kappa shape index (κ1) is 19.7. The molecule has 1 aromatic heterocycles. The predicted octanol–water partition coefficient (Wildman–Crippen LogP) is 2.37. The SMILES string of the molecule is COCCNc1nc(NCCOC)nc(N[C@@H](C)C2CCCCC2)n1. The van der Waals surface area contributed by atoms with Crippen molar-refractivity contribution >= 4 is 17.8 Å². The Kier molecular flexibility index (Phi) is 8.68. The van der Waals surface area contributed by atoms with E-state index in [4.69, 9.17) is 9.47 Å². The molecule has 1 aliphatic rings. The summed E-state index contributed by atoms with van der Waals surface area (Å²) in [6, 6.07) is 0.348. The maximum Gasteiger partial charge on any atom is 0.229 e. The van der Waals surface area contributed by atoms with Crippen LogP contribution in [-0.2, 0) is 9.47 Å². The Balaban J connectivity index is 2.02. The minimum atomic E-state index is 0.348. The van der Waals surface area contributed by atoms with E-state index in [0.717, 1.165) is 0 Å². The molecule has 0 spiro atoms. The third-order valence-corrected chi connectivity index (χ3v) is 4.53. The smallest absolute Gasteiger partial charge is 0.229 e. The second-order valence-corrected chi connectivity index (χ2v) is 6.48. The van der Waals surface area contributed by atoms with Crippen molar-refractivity contribution in [3.63, 3.8) is 0 Å². The van der Waals surface area contributed by atoms with E-state index >= 15 is 0 Å². The Morgan fingerprint density at radius 1 is 0.880 bits per heavy atom. The third-order valence-electron chi connectivity index (χ3n) is 4.53.